The Labute approximate surface area is 163 Å². The van der Waals surface area contributed by atoms with Crippen LogP contribution in [-0.4, -0.2) is 21.8 Å². The number of anilines is 2. The number of nitrogens with two attached hydrogens (primary N) is 1. The first kappa shape index (κ1) is 21.2. The maximum atomic E-state index is 6.04. The molecule has 0 unspecified atom stereocenters. The van der Waals surface area contributed by atoms with E-state index in [1.165, 1.54) is 0 Å². The molecule has 0 amide bonds. The van der Waals surface area contributed by atoms with Gasteiger partial charge in [0.15, 0.2) is 5.13 Å². The fourth-order valence-corrected chi connectivity index (χ4v) is 3.05. The summed E-state index contributed by atoms with van der Waals surface area (Å²) in [5.74, 6) is 1.35. The molecule has 3 rings (SSSR count). The number of amidine groups is 1. The number of fused-ring (bicyclic) bond motifs is 1. The van der Waals surface area contributed by atoms with Gasteiger partial charge in [0.1, 0.15) is 11.7 Å². The number of hydrogen-bond donors (Lipinski definition) is 2. The van der Waals surface area contributed by atoms with Crippen LogP contribution in [0.4, 0.5) is 10.9 Å². The molecule has 2 heterocycles. The lowest BCUT2D eigenvalue weighted by molar-refractivity contribution is 0.834. The molecule has 0 aliphatic heterocycles. The van der Waals surface area contributed by atoms with E-state index in [1.54, 1.807) is 11.3 Å². The topological polar surface area (TPSA) is 76.2 Å². The Morgan fingerprint density at radius 2 is 1.96 bits per heavy atom. The number of pyridine rings is 1. The minimum absolute atomic E-state index is 0. The van der Waals surface area contributed by atoms with E-state index in [0.29, 0.717) is 5.84 Å². The molecule has 0 fully saturated rings. The van der Waals surface area contributed by atoms with E-state index in [9.17, 15) is 0 Å². The molecule has 2 aromatic heterocycles. The predicted octanol–water partition coefficient (Wildman–Crippen LogP) is 4.70. The summed E-state index contributed by atoms with van der Waals surface area (Å²) in [7, 11) is 0. The second-order valence-electron chi connectivity index (χ2n) is 5.66. The molecule has 0 saturated carbocycles. The highest BCUT2D eigenvalue weighted by Crippen LogP contribution is 2.28. The number of thiazole rings is 1. The van der Waals surface area contributed by atoms with Crippen molar-refractivity contribution in [3.63, 3.8) is 0 Å². The standard InChI is InChI=1S/C17H19N5S.2ClH/c1-10(2)20-16(18)12-5-6-13-14(8-12)23-17(21-13)22-15-7-4-11(3)9-19-15;;/h4-10H,1-3H3,(H2,18,20)(H,19,21,22);2*1H. The van der Waals surface area contributed by atoms with Crippen LogP contribution >= 0.6 is 36.2 Å². The Morgan fingerprint density at radius 1 is 1.20 bits per heavy atom. The van der Waals surface area contributed by atoms with Crippen molar-refractivity contribution in [3.8, 4) is 0 Å². The highest BCUT2D eigenvalue weighted by Gasteiger charge is 2.07. The van der Waals surface area contributed by atoms with Crippen LogP contribution < -0.4 is 11.1 Å². The van der Waals surface area contributed by atoms with Gasteiger partial charge in [-0.25, -0.2) is 9.97 Å². The number of aryl methyl sites for hydroxylation is 1. The average Bonchev–Trinajstić information content (AvgIpc) is 2.90. The second kappa shape index (κ2) is 8.99. The van der Waals surface area contributed by atoms with Gasteiger partial charge in [-0.15, -0.1) is 24.8 Å². The van der Waals surface area contributed by atoms with Gasteiger partial charge in [0.25, 0.3) is 0 Å². The van der Waals surface area contributed by atoms with E-state index < -0.39 is 0 Å². The number of benzene rings is 1. The Hall–Kier alpha value is -1.89. The molecule has 0 aliphatic rings. The fourth-order valence-electron chi connectivity index (χ4n) is 2.14. The molecular formula is C17H21Cl2N5S. The quantitative estimate of drug-likeness (QED) is 0.493. The summed E-state index contributed by atoms with van der Waals surface area (Å²) < 4.78 is 1.07. The molecule has 0 bridgehead atoms. The molecule has 134 valence electrons. The van der Waals surface area contributed by atoms with Crippen molar-refractivity contribution in [2.45, 2.75) is 26.8 Å². The highest BCUT2D eigenvalue weighted by atomic mass is 35.5. The SMILES string of the molecule is Cc1ccc(Nc2nc3ccc(C(N)=NC(C)C)cc3s2)nc1.Cl.Cl. The summed E-state index contributed by atoms with van der Waals surface area (Å²) in [5, 5.41) is 4.05. The zero-order chi connectivity index (χ0) is 16.4. The van der Waals surface area contributed by atoms with E-state index >= 15 is 0 Å². The number of hydrogen-bond acceptors (Lipinski definition) is 5. The number of halogens is 2. The zero-order valence-electron chi connectivity index (χ0n) is 14.2. The fraction of sp³-hybridized carbons (Fsp3) is 0.235. The lowest BCUT2D eigenvalue weighted by Gasteiger charge is -2.02. The minimum atomic E-state index is 0. The summed E-state index contributed by atoms with van der Waals surface area (Å²) >= 11 is 1.57. The van der Waals surface area contributed by atoms with Crippen LogP contribution in [0.5, 0.6) is 0 Å². The highest BCUT2D eigenvalue weighted by molar-refractivity contribution is 7.22. The summed E-state index contributed by atoms with van der Waals surface area (Å²) in [5.41, 5.74) is 9.03. The molecule has 0 saturated heterocycles. The van der Waals surface area contributed by atoms with Crippen molar-refractivity contribution in [1.29, 1.82) is 0 Å². The van der Waals surface area contributed by atoms with Gasteiger partial charge in [-0.1, -0.05) is 17.4 Å². The Kier molecular flexibility index (Phi) is 7.60. The number of nitrogens with zero attached hydrogens (tertiary/aromatic N) is 3. The molecule has 0 atom stereocenters. The summed E-state index contributed by atoms with van der Waals surface area (Å²) in [4.78, 5) is 13.3. The smallest absolute Gasteiger partial charge is 0.189 e. The van der Waals surface area contributed by atoms with Crippen LogP contribution in [0.3, 0.4) is 0 Å². The Morgan fingerprint density at radius 3 is 2.60 bits per heavy atom. The molecule has 5 nitrogen and oxygen atoms in total. The lowest BCUT2D eigenvalue weighted by atomic mass is 10.2. The first-order chi connectivity index (χ1) is 11.0. The van der Waals surface area contributed by atoms with Crippen molar-refractivity contribution in [3.05, 3.63) is 47.7 Å². The van der Waals surface area contributed by atoms with Gasteiger partial charge >= 0.3 is 0 Å². The Bertz CT molecular complexity index is 859. The lowest BCUT2D eigenvalue weighted by Crippen LogP contribution is -2.15. The molecule has 3 N–H and O–H groups in total. The molecule has 8 heteroatoms. The van der Waals surface area contributed by atoms with Crippen molar-refractivity contribution in [2.24, 2.45) is 10.7 Å². The molecule has 0 spiro atoms. The maximum Gasteiger partial charge on any atom is 0.189 e. The van der Waals surface area contributed by atoms with Gasteiger partial charge in [-0.3, -0.25) is 4.99 Å². The molecular weight excluding hydrogens is 377 g/mol. The normalized spacial score (nSPS) is 11.1. The van der Waals surface area contributed by atoms with E-state index in [2.05, 4.69) is 20.3 Å². The second-order valence-corrected chi connectivity index (χ2v) is 6.69. The largest absolute Gasteiger partial charge is 0.383 e. The maximum absolute atomic E-state index is 6.04. The number of aliphatic imine (C=N–C) groups is 1. The van der Waals surface area contributed by atoms with Crippen molar-refractivity contribution in [1.82, 2.24) is 9.97 Å². The predicted molar refractivity (Wildman–Crippen MR) is 112 cm³/mol. The zero-order valence-corrected chi connectivity index (χ0v) is 16.6. The number of nitrogens with one attached hydrogen (secondary N) is 1. The van der Waals surface area contributed by atoms with Crippen LogP contribution in [0.15, 0.2) is 41.5 Å². The molecule has 25 heavy (non-hydrogen) atoms. The van der Waals surface area contributed by atoms with Gasteiger partial charge in [0, 0.05) is 17.8 Å². The van der Waals surface area contributed by atoms with Gasteiger partial charge in [-0.2, -0.15) is 0 Å². The molecule has 0 aliphatic carbocycles. The van der Waals surface area contributed by atoms with Crippen LogP contribution in [0, 0.1) is 6.92 Å². The van der Waals surface area contributed by atoms with Crippen molar-refractivity contribution >= 4 is 63.2 Å². The van der Waals surface area contributed by atoms with Crippen LogP contribution in [0.25, 0.3) is 10.2 Å². The van der Waals surface area contributed by atoms with Gasteiger partial charge in [-0.05, 0) is 50.6 Å². The van der Waals surface area contributed by atoms with Crippen LogP contribution in [-0.2, 0) is 0 Å². The third-order valence-electron chi connectivity index (χ3n) is 3.23. The summed E-state index contributed by atoms with van der Waals surface area (Å²) in [6.45, 7) is 6.03. The monoisotopic (exact) mass is 397 g/mol. The first-order valence-corrected chi connectivity index (χ1v) is 8.27. The van der Waals surface area contributed by atoms with E-state index in [4.69, 9.17) is 5.73 Å². The van der Waals surface area contributed by atoms with Crippen molar-refractivity contribution < 1.29 is 0 Å². The van der Waals surface area contributed by atoms with Gasteiger partial charge < -0.3 is 11.1 Å². The van der Waals surface area contributed by atoms with Gasteiger partial charge in [0.2, 0.25) is 0 Å². The number of aromatic nitrogens is 2. The molecule has 1 aromatic carbocycles. The summed E-state index contributed by atoms with van der Waals surface area (Å²) in [6.07, 6.45) is 1.83. The van der Waals surface area contributed by atoms with Crippen LogP contribution in [0.1, 0.15) is 25.0 Å². The molecule has 3 aromatic rings. The first-order valence-electron chi connectivity index (χ1n) is 7.45. The van der Waals surface area contributed by atoms with Crippen LogP contribution in [0.2, 0.25) is 0 Å². The Balaban J connectivity index is 0.00000156. The number of rotatable bonds is 4. The summed E-state index contributed by atoms with van der Waals surface area (Å²) in [6, 6.07) is 10.1. The van der Waals surface area contributed by atoms with Crippen molar-refractivity contribution in [2.75, 3.05) is 5.32 Å². The van der Waals surface area contributed by atoms with Gasteiger partial charge in [0.05, 0.1) is 10.2 Å². The molecule has 0 radical (unpaired) electrons. The third-order valence-corrected chi connectivity index (χ3v) is 4.16. The van der Waals surface area contributed by atoms with E-state index in [0.717, 1.165) is 32.3 Å². The third kappa shape index (κ3) is 5.29. The van der Waals surface area contributed by atoms with E-state index in [-0.39, 0.29) is 30.9 Å². The minimum Gasteiger partial charge on any atom is -0.383 e. The van der Waals surface area contributed by atoms with E-state index in [1.807, 2.05) is 57.3 Å². The average molecular weight is 398 g/mol.